The van der Waals surface area contributed by atoms with Crippen LogP contribution in [0.3, 0.4) is 0 Å². The van der Waals surface area contributed by atoms with Crippen LogP contribution in [-0.2, 0) is 9.59 Å². The number of ketones is 2. The second-order valence-corrected chi connectivity index (χ2v) is 1.58. The number of hydrogen-bond acceptors (Lipinski definition) is 2. The molecule has 0 N–H and O–H groups in total. The molecular weight excluding hydrogens is 115 g/mol. The molecule has 0 bridgehead atoms. The summed E-state index contributed by atoms with van der Waals surface area (Å²) in [6.45, 7) is 2.81. The van der Waals surface area contributed by atoms with Crippen molar-refractivity contribution in [1.82, 2.24) is 0 Å². The molecule has 2 nitrogen and oxygen atoms in total. The SMILES string of the molecule is CC(=O)CC(C)=O.[Na]. The van der Waals surface area contributed by atoms with Crippen molar-refractivity contribution in [2.24, 2.45) is 0 Å². The fraction of sp³-hybridized carbons (Fsp3) is 0.600. The third-order valence-electron chi connectivity index (χ3n) is 0.498. The smallest absolute Gasteiger partial charge is 0.137 e. The molecule has 0 aromatic heterocycles. The van der Waals surface area contributed by atoms with Gasteiger partial charge in [-0.15, -0.1) is 0 Å². The molecule has 0 aromatic rings. The summed E-state index contributed by atoms with van der Waals surface area (Å²) in [5.74, 6) is -0.125. The van der Waals surface area contributed by atoms with Crippen LogP contribution in [0, 0.1) is 0 Å². The third kappa shape index (κ3) is 9.60. The van der Waals surface area contributed by atoms with Gasteiger partial charge in [0.15, 0.2) is 0 Å². The predicted octanol–water partition coefficient (Wildman–Crippen LogP) is 0.174. The van der Waals surface area contributed by atoms with Gasteiger partial charge in [0, 0.05) is 29.6 Å². The van der Waals surface area contributed by atoms with Crippen LogP contribution in [0.5, 0.6) is 0 Å². The minimum absolute atomic E-state index is 0. The summed E-state index contributed by atoms with van der Waals surface area (Å²) in [5, 5.41) is 0. The van der Waals surface area contributed by atoms with Gasteiger partial charge in [0.05, 0.1) is 6.42 Å². The average molecular weight is 123 g/mol. The first-order valence-corrected chi connectivity index (χ1v) is 2.12. The van der Waals surface area contributed by atoms with E-state index in [2.05, 4.69) is 0 Å². The summed E-state index contributed by atoms with van der Waals surface area (Å²) >= 11 is 0. The molecule has 3 heteroatoms. The average Bonchev–Trinajstić information content (AvgIpc) is 1.27. The molecule has 0 aliphatic heterocycles. The van der Waals surface area contributed by atoms with Crippen LogP contribution in [-0.4, -0.2) is 41.1 Å². The van der Waals surface area contributed by atoms with E-state index < -0.39 is 0 Å². The van der Waals surface area contributed by atoms with Gasteiger partial charge in [-0.25, -0.2) is 0 Å². The zero-order valence-electron chi connectivity index (χ0n) is 5.52. The molecule has 8 heavy (non-hydrogen) atoms. The number of carbonyl (C=O) groups is 2. The van der Waals surface area contributed by atoms with Crippen molar-refractivity contribution < 1.29 is 9.59 Å². The first-order valence-electron chi connectivity index (χ1n) is 2.12. The molecule has 0 amide bonds. The maximum absolute atomic E-state index is 10.0. The molecule has 0 aromatic carbocycles. The standard InChI is InChI=1S/C5H8O2.Na/c1-4(6)3-5(2)7;/h3H2,1-2H3;. The van der Waals surface area contributed by atoms with E-state index in [1.807, 2.05) is 0 Å². The van der Waals surface area contributed by atoms with Gasteiger partial charge in [0.2, 0.25) is 0 Å². The summed E-state index contributed by atoms with van der Waals surface area (Å²) in [6.07, 6.45) is 0.0833. The van der Waals surface area contributed by atoms with Crippen LogP contribution in [0.15, 0.2) is 0 Å². The fourth-order valence-corrected chi connectivity index (χ4v) is 0.351. The summed E-state index contributed by atoms with van der Waals surface area (Å²) in [7, 11) is 0. The van der Waals surface area contributed by atoms with Crippen LogP contribution < -0.4 is 0 Å². The molecule has 0 unspecified atom stereocenters. The first kappa shape index (κ1) is 11.2. The van der Waals surface area contributed by atoms with Crippen LogP contribution in [0.25, 0.3) is 0 Å². The second kappa shape index (κ2) is 5.48. The van der Waals surface area contributed by atoms with Gasteiger partial charge in [-0.3, -0.25) is 9.59 Å². The molecule has 0 aliphatic carbocycles. The Morgan fingerprint density at radius 1 is 1.12 bits per heavy atom. The Bertz CT molecular complexity index is 86.6. The molecule has 0 atom stereocenters. The normalized spacial score (nSPS) is 7.25. The Labute approximate surface area is 70.9 Å². The number of carbonyl (C=O) groups excluding carboxylic acids is 2. The van der Waals surface area contributed by atoms with Gasteiger partial charge in [-0.1, -0.05) is 0 Å². The molecule has 0 saturated heterocycles. The Morgan fingerprint density at radius 3 is 1.38 bits per heavy atom. The van der Waals surface area contributed by atoms with E-state index in [1.54, 1.807) is 0 Å². The Kier molecular flexibility index (Phi) is 7.65. The molecule has 0 fully saturated rings. The predicted molar refractivity (Wildman–Crippen MR) is 31.7 cm³/mol. The Morgan fingerprint density at radius 2 is 1.38 bits per heavy atom. The van der Waals surface area contributed by atoms with Gasteiger partial charge in [-0.05, 0) is 13.8 Å². The Balaban J connectivity index is 0. The first-order chi connectivity index (χ1) is 3.13. The largest absolute Gasteiger partial charge is 0.300 e. The van der Waals surface area contributed by atoms with Crippen LogP contribution in [0.1, 0.15) is 20.3 Å². The van der Waals surface area contributed by atoms with Gasteiger partial charge in [-0.2, -0.15) is 0 Å². The van der Waals surface area contributed by atoms with E-state index in [1.165, 1.54) is 13.8 Å². The molecule has 0 saturated carbocycles. The van der Waals surface area contributed by atoms with Crippen molar-refractivity contribution in [2.75, 3.05) is 0 Å². The Hall–Kier alpha value is 0.340. The molecule has 1 radical (unpaired) electrons. The third-order valence-corrected chi connectivity index (χ3v) is 0.498. The van der Waals surface area contributed by atoms with Gasteiger partial charge in [0.25, 0.3) is 0 Å². The van der Waals surface area contributed by atoms with Crippen LogP contribution >= 0.6 is 0 Å². The van der Waals surface area contributed by atoms with E-state index in [0.29, 0.717) is 0 Å². The molecule has 0 heterocycles. The summed E-state index contributed by atoms with van der Waals surface area (Å²) in [6, 6.07) is 0. The second-order valence-electron chi connectivity index (χ2n) is 1.58. The maximum Gasteiger partial charge on any atom is 0.137 e. The summed E-state index contributed by atoms with van der Waals surface area (Å²) in [5.41, 5.74) is 0. The minimum Gasteiger partial charge on any atom is -0.300 e. The zero-order valence-corrected chi connectivity index (χ0v) is 7.52. The topological polar surface area (TPSA) is 34.1 Å². The molecule has 41 valence electrons. The van der Waals surface area contributed by atoms with Crippen molar-refractivity contribution in [3.8, 4) is 0 Å². The maximum atomic E-state index is 10.0. The van der Waals surface area contributed by atoms with E-state index in [-0.39, 0.29) is 47.5 Å². The summed E-state index contributed by atoms with van der Waals surface area (Å²) in [4.78, 5) is 20.1. The van der Waals surface area contributed by atoms with Crippen molar-refractivity contribution in [1.29, 1.82) is 0 Å². The van der Waals surface area contributed by atoms with E-state index in [9.17, 15) is 9.59 Å². The zero-order chi connectivity index (χ0) is 5.86. The number of rotatable bonds is 2. The molecule has 0 rings (SSSR count). The van der Waals surface area contributed by atoms with E-state index in [0.717, 1.165) is 0 Å². The van der Waals surface area contributed by atoms with E-state index in [4.69, 9.17) is 0 Å². The molecule has 0 aliphatic rings. The molecular formula is C5H8NaO2. The quantitative estimate of drug-likeness (QED) is 0.387. The van der Waals surface area contributed by atoms with E-state index >= 15 is 0 Å². The van der Waals surface area contributed by atoms with Crippen molar-refractivity contribution in [3.63, 3.8) is 0 Å². The van der Waals surface area contributed by atoms with Crippen molar-refractivity contribution >= 4 is 41.1 Å². The van der Waals surface area contributed by atoms with Gasteiger partial charge >= 0.3 is 0 Å². The van der Waals surface area contributed by atoms with Crippen LogP contribution in [0.2, 0.25) is 0 Å². The number of Topliss-reactive ketones (excluding diaryl/α,β-unsaturated/α-hetero) is 2. The van der Waals surface area contributed by atoms with Crippen molar-refractivity contribution in [3.05, 3.63) is 0 Å². The fourth-order valence-electron chi connectivity index (χ4n) is 0.351. The molecule has 0 spiro atoms. The van der Waals surface area contributed by atoms with Gasteiger partial charge < -0.3 is 0 Å². The van der Waals surface area contributed by atoms with Crippen LogP contribution in [0.4, 0.5) is 0 Å². The van der Waals surface area contributed by atoms with Gasteiger partial charge in [0.1, 0.15) is 11.6 Å². The summed E-state index contributed by atoms with van der Waals surface area (Å²) < 4.78 is 0. The minimum atomic E-state index is -0.0625. The van der Waals surface area contributed by atoms with Crippen molar-refractivity contribution in [2.45, 2.75) is 20.3 Å². The monoisotopic (exact) mass is 123 g/mol. The number of hydrogen-bond donors (Lipinski definition) is 0.